The van der Waals surface area contributed by atoms with Crippen LogP contribution in [0.2, 0.25) is 5.02 Å². The number of amides is 3. The Balaban J connectivity index is 1.44. The van der Waals surface area contributed by atoms with Gasteiger partial charge in [-0.25, -0.2) is 4.39 Å². The van der Waals surface area contributed by atoms with Crippen molar-refractivity contribution in [1.82, 2.24) is 4.90 Å². The quantitative estimate of drug-likeness (QED) is 0.266. The van der Waals surface area contributed by atoms with Crippen molar-refractivity contribution < 1.29 is 28.2 Å². The number of nitrogens with one attached hydrogen (secondary N) is 1. The minimum atomic E-state index is -0.596. The highest BCUT2D eigenvalue weighted by Gasteiger charge is 2.36. The highest BCUT2D eigenvalue weighted by molar-refractivity contribution is 9.10. The number of anilines is 1. The van der Waals surface area contributed by atoms with E-state index in [0.717, 1.165) is 32.3 Å². The Labute approximate surface area is 242 Å². The zero-order chi connectivity index (χ0) is 28.3. The minimum absolute atomic E-state index is 0.0698. The number of carbonyl (C=O) groups is 3. The standard InChI is InChI=1S/C28H23BrClFN2O5S/c1-15-16(2)22(9-8-19(15)29)32-26(34)14-38-23-10-7-17(11-24(23)37-3)12-25-27(35)33(28(36)39-25)13-18-20(30)5-4-6-21(18)31/h4-12H,13-14H2,1-3H3,(H,32,34)/b25-12-. The van der Waals surface area contributed by atoms with Gasteiger partial charge in [0.1, 0.15) is 5.82 Å². The SMILES string of the molecule is COc1cc(/C=C2\SC(=O)N(Cc3c(F)cccc3Cl)C2=O)ccc1OCC(=O)Nc1ccc(Br)c(C)c1C. The van der Waals surface area contributed by atoms with E-state index < -0.39 is 17.0 Å². The molecule has 1 aliphatic rings. The second kappa shape index (κ2) is 12.2. The molecule has 0 bridgehead atoms. The monoisotopic (exact) mass is 632 g/mol. The van der Waals surface area contributed by atoms with Crippen molar-refractivity contribution in [2.75, 3.05) is 19.0 Å². The van der Waals surface area contributed by atoms with Crippen LogP contribution in [0.15, 0.2) is 57.9 Å². The largest absolute Gasteiger partial charge is 0.493 e. The fraction of sp³-hybridized carbons (Fsp3) is 0.179. The van der Waals surface area contributed by atoms with E-state index in [-0.39, 0.29) is 34.6 Å². The van der Waals surface area contributed by atoms with Crippen LogP contribution in [0.25, 0.3) is 6.08 Å². The fourth-order valence-electron chi connectivity index (χ4n) is 3.77. The van der Waals surface area contributed by atoms with Gasteiger partial charge < -0.3 is 14.8 Å². The summed E-state index contributed by atoms with van der Waals surface area (Å²) in [5, 5.41) is 2.44. The molecule has 0 unspecified atom stereocenters. The highest BCUT2D eigenvalue weighted by Crippen LogP contribution is 2.36. The molecule has 0 aromatic heterocycles. The molecule has 1 saturated heterocycles. The van der Waals surface area contributed by atoms with E-state index in [9.17, 15) is 18.8 Å². The first-order valence-electron chi connectivity index (χ1n) is 11.6. The van der Waals surface area contributed by atoms with Crippen LogP contribution >= 0.6 is 39.3 Å². The molecule has 0 radical (unpaired) electrons. The van der Waals surface area contributed by atoms with Crippen LogP contribution < -0.4 is 14.8 Å². The van der Waals surface area contributed by atoms with Crippen LogP contribution in [0, 0.1) is 19.7 Å². The Morgan fingerprint density at radius 2 is 1.90 bits per heavy atom. The number of ether oxygens (including phenoxy) is 2. The molecule has 4 rings (SSSR count). The number of benzene rings is 3. The molecule has 1 aliphatic heterocycles. The summed E-state index contributed by atoms with van der Waals surface area (Å²) in [5.41, 5.74) is 3.30. The van der Waals surface area contributed by atoms with Crippen LogP contribution in [0.1, 0.15) is 22.3 Å². The van der Waals surface area contributed by atoms with Crippen molar-refractivity contribution in [2.45, 2.75) is 20.4 Å². The Bertz CT molecular complexity index is 1490. The van der Waals surface area contributed by atoms with Gasteiger partial charge in [0.05, 0.1) is 18.6 Å². The van der Waals surface area contributed by atoms with Gasteiger partial charge in [-0.1, -0.05) is 39.7 Å². The average molecular weight is 634 g/mol. The van der Waals surface area contributed by atoms with E-state index in [1.54, 1.807) is 18.2 Å². The Kier molecular flexibility index (Phi) is 8.99. The van der Waals surface area contributed by atoms with Crippen molar-refractivity contribution in [3.05, 3.63) is 91.0 Å². The highest BCUT2D eigenvalue weighted by atomic mass is 79.9. The summed E-state index contributed by atoms with van der Waals surface area (Å²) in [6.45, 7) is 3.35. The molecule has 202 valence electrons. The molecule has 3 aromatic rings. The van der Waals surface area contributed by atoms with E-state index >= 15 is 0 Å². The van der Waals surface area contributed by atoms with Gasteiger partial charge in [0.25, 0.3) is 17.1 Å². The molecule has 7 nitrogen and oxygen atoms in total. The molecule has 0 atom stereocenters. The topological polar surface area (TPSA) is 84.9 Å². The molecular formula is C28H23BrClFN2O5S. The number of thioether (sulfide) groups is 1. The summed E-state index contributed by atoms with van der Waals surface area (Å²) in [6, 6.07) is 12.7. The maximum atomic E-state index is 14.2. The molecule has 11 heteroatoms. The first-order chi connectivity index (χ1) is 18.6. The van der Waals surface area contributed by atoms with Gasteiger partial charge in [0.15, 0.2) is 18.1 Å². The molecular weight excluding hydrogens is 611 g/mol. The van der Waals surface area contributed by atoms with Gasteiger partial charge in [0, 0.05) is 20.7 Å². The van der Waals surface area contributed by atoms with E-state index in [2.05, 4.69) is 21.2 Å². The number of rotatable bonds is 8. The average Bonchev–Trinajstić information content (AvgIpc) is 3.17. The minimum Gasteiger partial charge on any atom is -0.493 e. The molecule has 1 fully saturated rings. The summed E-state index contributed by atoms with van der Waals surface area (Å²) in [4.78, 5) is 39.0. The van der Waals surface area contributed by atoms with Gasteiger partial charge >= 0.3 is 0 Å². The van der Waals surface area contributed by atoms with Crippen LogP contribution in [-0.2, 0) is 16.1 Å². The van der Waals surface area contributed by atoms with Gasteiger partial charge in [-0.05, 0) is 84.8 Å². The third-order valence-electron chi connectivity index (χ3n) is 6.09. The molecule has 1 heterocycles. The van der Waals surface area contributed by atoms with Gasteiger partial charge in [-0.3, -0.25) is 19.3 Å². The summed E-state index contributed by atoms with van der Waals surface area (Å²) in [7, 11) is 1.45. The number of carbonyl (C=O) groups excluding carboxylic acids is 3. The Morgan fingerprint density at radius 3 is 2.62 bits per heavy atom. The second-order valence-corrected chi connectivity index (χ2v) is 10.8. The Hall–Kier alpha value is -3.34. The summed E-state index contributed by atoms with van der Waals surface area (Å²) < 4.78 is 26.2. The third kappa shape index (κ3) is 6.46. The lowest BCUT2D eigenvalue weighted by Crippen LogP contribution is -2.28. The lowest BCUT2D eigenvalue weighted by atomic mass is 10.1. The van der Waals surface area contributed by atoms with Gasteiger partial charge in [-0.2, -0.15) is 0 Å². The number of imide groups is 1. The number of methoxy groups -OCH3 is 1. The van der Waals surface area contributed by atoms with Crippen molar-refractivity contribution in [3.8, 4) is 11.5 Å². The maximum Gasteiger partial charge on any atom is 0.293 e. The molecule has 1 N–H and O–H groups in total. The van der Waals surface area contributed by atoms with E-state index in [4.69, 9.17) is 21.1 Å². The lowest BCUT2D eigenvalue weighted by Gasteiger charge is -2.14. The van der Waals surface area contributed by atoms with Gasteiger partial charge in [0.2, 0.25) is 0 Å². The van der Waals surface area contributed by atoms with E-state index in [1.165, 1.54) is 31.4 Å². The van der Waals surface area contributed by atoms with Crippen LogP contribution in [0.5, 0.6) is 11.5 Å². The zero-order valence-corrected chi connectivity index (χ0v) is 24.3. The first-order valence-corrected chi connectivity index (χ1v) is 13.6. The molecule has 0 saturated carbocycles. The lowest BCUT2D eigenvalue weighted by molar-refractivity contribution is -0.123. The zero-order valence-electron chi connectivity index (χ0n) is 21.1. The number of nitrogens with zero attached hydrogens (tertiary/aromatic N) is 1. The maximum absolute atomic E-state index is 14.2. The molecule has 39 heavy (non-hydrogen) atoms. The van der Waals surface area contributed by atoms with E-state index in [0.29, 0.717) is 22.7 Å². The normalized spacial score (nSPS) is 14.2. The Morgan fingerprint density at radius 1 is 1.13 bits per heavy atom. The summed E-state index contributed by atoms with van der Waals surface area (Å²) >= 11 is 10.3. The van der Waals surface area contributed by atoms with Crippen LogP contribution in [-0.4, -0.2) is 35.7 Å². The first kappa shape index (κ1) is 28.7. The predicted molar refractivity (Wildman–Crippen MR) is 154 cm³/mol. The van der Waals surface area contributed by atoms with Crippen molar-refractivity contribution >= 4 is 68.1 Å². The molecule has 0 spiro atoms. The molecule has 0 aliphatic carbocycles. The second-order valence-electron chi connectivity index (χ2n) is 8.56. The molecule has 3 aromatic carbocycles. The smallest absolute Gasteiger partial charge is 0.293 e. The van der Waals surface area contributed by atoms with Crippen LogP contribution in [0.3, 0.4) is 0 Å². The third-order valence-corrected chi connectivity index (χ3v) is 8.21. The van der Waals surface area contributed by atoms with Crippen molar-refractivity contribution in [2.24, 2.45) is 0 Å². The number of hydrogen-bond donors (Lipinski definition) is 1. The summed E-state index contributed by atoms with van der Waals surface area (Å²) in [6.07, 6.45) is 1.53. The predicted octanol–water partition coefficient (Wildman–Crippen LogP) is 7.12. The van der Waals surface area contributed by atoms with Crippen molar-refractivity contribution in [3.63, 3.8) is 0 Å². The van der Waals surface area contributed by atoms with E-state index in [1.807, 2.05) is 26.0 Å². The summed E-state index contributed by atoms with van der Waals surface area (Å²) in [5.74, 6) is -0.824. The number of hydrogen-bond acceptors (Lipinski definition) is 6. The van der Waals surface area contributed by atoms with Crippen LogP contribution in [0.4, 0.5) is 14.9 Å². The van der Waals surface area contributed by atoms with Gasteiger partial charge in [-0.15, -0.1) is 0 Å². The fourth-order valence-corrected chi connectivity index (χ4v) is 5.27. The number of halogens is 3. The molecule has 3 amide bonds. The van der Waals surface area contributed by atoms with Crippen molar-refractivity contribution in [1.29, 1.82) is 0 Å².